The minimum absolute atomic E-state index is 0.172. The summed E-state index contributed by atoms with van der Waals surface area (Å²) in [6.45, 7) is 2.37. The number of pyridine rings is 1. The minimum Gasteiger partial charge on any atom is -0.373 e. The summed E-state index contributed by atoms with van der Waals surface area (Å²) < 4.78 is 26.9. The second-order valence-corrected chi connectivity index (χ2v) is 6.94. The van der Waals surface area contributed by atoms with Crippen LogP contribution in [0.25, 0.3) is 0 Å². The zero-order chi connectivity index (χ0) is 14.6. The lowest BCUT2D eigenvalue weighted by Gasteiger charge is -2.07. The van der Waals surface area contributed by atoms with Crippen LogP contribution in [0, 0.1) is 0 Å². The SMILES string of the molecule is CCc1ccsc1CNS(=O)(=O)c1ccc(NC)nc1. The van der Waals surface area contributed by atoms with Crippen molar-refractivity contribution in [2.24, 2.45) is 0 Å². The first kappa shape index (κ1) is 15.0. The Hall–Kier alpha value is -1.44. The van der Waals surface area contributed by atoms with E-state index >= 15 is 0 Å². The van der Waals surface area contributed by atoms with Crippen molar-refractivity contribution in [3.8, 4) is 0 Å². The molecule has 2 aromatic rings. The first-order valence-corrected chi connectivity index (χ1v) is 8.62. The number of anilines is 1. The van der Waals surface area contributed by atoms with Crippen molar-refractivity contribution < 1.29 is 8.42 Å². The molecule has 2 heterocycles. The number of nitrogens with one attached hydrogen (secondary N) is 2. The summed E-state index contributed by atoms with van der Waals surface area (Å²) >= 11 is 1.56. The van der Waals surface area contributed by atoms with Gasteiger partial charge in [-0.25, -0.2) is 18.1 Å². The molecule has 0 fully saturated rings. The van der Waals surface area contributed by atoms with Crippen molar-refractivity contribution in [1.29, 1.82) is 0 Å². The van der Waals surface area contributed by atoms with E-state index in [2.05, 4.69) is 21.9 Å². The van der Waals surface area contributed by atoms with Crippen molar-refractivity contribution >= 4 is 27.2 Å². The molecule has 0 bridgehead atoms. The number of thiophene rings is 1. The summed E-state index contributed by atoms with van der Waals surface area (Å²) in [5, 5.41) is 4.83. The fourth-order valence-electron chi connectivity index (χ4n) is 1.77. The fraction of sp³-hybridized carbons (Fsp3) is 0.308. The second kappa shape index (κ2) is 6.34. The predicted octanol–water partition coefficient (Wildman–Crippen LogP) is 2.23. The Labute approximate surface area is 123 Å². The molecule has 0 unspecified atom stereocenters. The van der Waals surface area contributed by atoms with Crippen LogP contribution in [-0.4, -0.2) is 20.4 Å². The van der Waals surface area contributed by atoms with Crippen LogP contribution >= 0.6 is 11.3 Å². The van der Waals surface area contributed by atoms with Crippen LogP contribution in [-0.2, 0) is 23.0 Å². The minimum atomic E-state index is -3.52. The lowest BCUT2D eigenvalue weighted by atomic mass is 10.2. The molecule has 20 heavy (non-hydrogen) atoms. The van der Waals surface area contributed by atoms with Crippen molar-refractivity contribution in [3.63, 3.8) is 0 Å². The van der Waals surface area contributed by atoms with Gasteiger partial charge in [0.25, 0.3) is 0 Å². The van der Waals surface area contributed by atoms with Crippen molar-refractivity contribution in [3.05, 3.63) is 40.2 Å². The molecule has 5 nitrogen and oxygen atoms in total. The Morgan fingerprint density at radius 3 is 2.70 bits per heavy atom. The molecule has 0 aliphatic carbocycles. The van der Waals surface area contributed by atoms with E-state index in [4.69, 9.17) is 0 Å². The van der Waals surface area contributed by atoms with Gasteiger partial charge in [0.2, 0.25) is 10.0 Å². The Bertz CT molecular complexity index is 663. The summed E-state index contributed by atoms with van der Waals surface area (Å²) in [5.74, 6) is 0.635. The monoisotopic (exact) mass is 311 g/mol. The smallest absolute Gasteiger partial charge is 0.242 e. The molecule has 0 spiro atoms. The molecule has 0 aliphatic rings. The van der Waals surface area contributed by atoms with Gasteiger partial charge in [-0.2, -0.15) is 0 Å². The van der Waals surface area contributed by atoms with E-state index in [-0.39, 0.29) is 4.90 Å². The van der Waals surface area contributed by atoms with Gasteiger partial charge < -0.3 is 5.32 Å². The third-order valence-corrected chi connectivity index (χ3v) is 5.29. The molecule has 2 rings (SSSR count). The van der Waals surface area contributed by atoms with Crippen LogP contribution in [0.1, 0.15) is 17.4 Å². The first-order valence-electron chi connectivity index (χ1n) is 6.25. The van der Waals surface area contributed by atoms with Gasteiger partial charge in [0.05, 0.1) is 0 Å². The molecule has 7 heteroatoms. The Morgan fingerprint density at radius 1 is 1.30 bits per heavy atom. The Balaban J connectivity index is 2.10. The van der Waals surface area contributed by atoms with Gasteiger partial charge in [-0.3, -0.25) is 0 Å². The van der Waals surface area contributed by atoms with Crippen LogP contribution in [0.4, 0.5) is 5.82 Å². The molecule has 0 aliphatic heterocycles. The highest BCUT2D eigenvalue weighted by atomic mass is 32.2. The molecule has 2 aromatic heterocycles. The van der Waals surface area contributed by atoms with Gasteiger partial charge in [0, 0.05) is 24.7 Å². The number of hydrogen-bond donors (Lipinski definition) is 2. The highest BCUT2D eigenvalue weighted by Gasteiger charge is 2.15. The van der Waals surface area contributed by atoms with Crippen molar-refractivity contribution in [2.45, 2.75) is 24.8 Å². The van der Waals surface area contributed by atoms with E-state index in [1.165, 1.54) is 17.8 Å². The molecule has 0 radical (unpaired) electrons. The lowest BCUT2D eigenvalue weighted by Crippen LogP contribution is -2.23. The topological polar surface area (TPSA) is 71.1 Å². The first-order chi connectivity index (χ1) is 9.56. The average molecular weight is 311 g/mol. The van der Waals surface area contributed by atoms with E-state index in [0.29, 0.717) is 12.4 Å². The van der Waals surface area contributed by atoms with Crippen molar-refractivity contribution in [1.82, 2.24) is 9.71 Å². The molecular formula is C13H17N3O2S2. The Kier molecular flexibility index (Phi) is 4.74. The van der Waals surface area contributed by atoms with Crippen LogP contribution in [0.5, 0.6) is 0 Å². The molecule has 0 aromatic carbocycles. The maximum Gasteiger partial charge on any atom is 0.242 e. The van der Waals surface area contributed by atoms with E-state index in [0.717, 1.165) is 11.3 Å². The number of aryl methyl sites for hydroxylation is 1. The largest absolute Gasteiger partial charge is 0.373 e. The third kappa shape index (κ3) is 3.36. The molecule has 0 amide bonds. The third-order valence-electron chi connectivity index (χ3n) is 2.94. The molecule has 0 saturated heterocycles. The Morgan fingerprint density at radius 2 is 2.10 bits per heavy atom. The molecule has 2 N–H and O–H groups in total. The summed E-state index contributed by atoms with van der Waals surface area (Å²) in [6, 6.07) is 5.20. The van der Waals surface area contributed by atoms with Gasteiger partial charge >= 0.3 is 0 Å². The highest BCUT2D eigenvalue weighted by molar-refractivity contribution is 7.89. The maximum atomic E-state index is 12.2. The fourth-order valence-corrected chi connectivity index (χ4v) is 3.72. The zero-order valence-electron chi connectivity index (χ0n) is 11.4. The molecule has 0 atom stereocenters. The van der Waals surface area contributed by atoms with Gasteiger partial charge in [-0.15, -0.1) is 11.3 Å². The van der Waals surface area contributed by atoms with E-state index in [9.17, 15) is 8.42 Å². The zero-order valence-corrected chi connectivity index (χ0v) is 13.0. The van der Waals surface area contributed by atoms with Gasteiger partial charge in [-0.1, -0.05) is 6.92 Å². The number of rotatable bonds is 6. The van der Waals surface area contributed by atoms with Gasteiger partial charge in [0.15, 0.2) is 0 Å². The van der Waals surface area contributed by atoms with Crippen LogP contribution in [0.2, 0.25) is 0 Å². The van der Waals surface area contributed by atoms with Crippen LogP contribution < -0.4 is 10.0 Å². The lowest BCUT2D eigenvalue weighted by molar-refractivity contribution is 0.581. The highest BCUT2D eigenvalue weighted by Crippen LogP contribution is 2.18. The van der Waals surface area contributed by atoms with E-state index < -0.39 is 10.0 Å². The van der Waals surface area contributed by atoms with Gasteiger partial charge in [0.1, 0.15) is 10.7 Å². The van der Waals surface area contributed by atoms with Crippen molar-refractivity contribution in [2.75, 3.05) is 12.4 Å². The molecular weight excluding hydrogens is 294 g/mol. The number of aromatic nitrogens is 1. The normalized spacial score (nSPS) is 11.5. The quantitative estimate of drug-likeness (QED) is 0.858. The maximum absolute atomic E-state index is 12.2. The molecule has 0 saturated carbocycles. The average Bonchev–Trinajstić information content (AvgIpc) is 2.93. The summed E-state index contributed by atoms with van der Waals surface area (Å²) in [5.41, 5.74) is 1.18. The predicted molar refractivity (Wildman–Crippen MR) is 81.5 cm³/mol. The number of sulfonamides is 1. The molecule has 108 valence electrons. The van der Waals surface area contributed by atoms with E-state index in [1.54, 1.807) is 24.5 Å². The van der Waals surface area contributed by atoms with Crippen LogP contribution in [0.3, 0.4) is 0 Å². The van der Waals surface area contributed by atoms with Gasteiger partial charge in [-0.05, 0) is 35.6 Å². The number of nitrogens with zero attached hydrogens (tertiary/aromatic N) is 1. The number of hydrogen-bond acceptors (Lipinski definition) is 5. The second-order valence-electron chi connectivity index (χ2n) is 4.18. The van der Waals surface area contributed by atoms with E-state index in [1.807, 2.05) is 11.4 Å². The van der Waals surface area contributed by atoms with Crippen LogP contribution in [0.15, 0.2) is 34.7 Å². The standard InChI is InChI=1S/C13H17N3O2S2/c1-3-10-6-7-19-12(10)9-16-20(17,18)11-4-5-13(14-2)15-8-11/h4-8,16H,3,9H2,1-2H3,(H,14,15). The summed E-state index contributed by atoms with van der Waals surface area (Å²) in [7, 11) is -1.79. The summed E-state index contributed by atoms with van der Waals surface area (Å²) in [4.78, 5) is 5.24. The summed E-state index contributed by atoms with van der Waals surface area (Å²) in [6.07, 6.45) is 2.25.